The lowest BCUT2D eigenvalue weighted by molar-refractivity contribution is -0.115. The molecule has 0 atom stereocenters. The van der Waals surface area contributed by atoms with Gasteiger partial charge in [-0.15, -0.1) is 5.10 Å². The fraction of sp³-hybridized carbons (Fsp3) is 0.250. The predicted molar refractivity (Wildman–Crippen MR) is 79.8 cm³/mol. The van der Waals surface area contributed by atoms with Crippen molar-refractivity contribution < 1.29 is 13.2 Å². The van der Waals surface area contributed by atoms with Crippen molar-refractivity contribution in [1.29, 1.82) is 0 Å². The first-order valence-electron chi connectivity index (χ1n) is 5.99. The minimum atomic E-state index is -3.18. The van der Waals surface area contributed by atoms with Crippen molar-refractivity contribution in [3.63, 3.8) is 0 Å². The highest BCUT2D eigenvalue weighted by Crippen LogP contribution is 2.18. The quantitative estimate of drug-likeness (QED) is 0.865. The van der Waals surface area contributed by atoms with Gasteiger partial charge in [0.05, 0.1) is 5.75 Å². The molecule has 9 heteroatoms. The summed E-state index contributed by atoms with van der Waals surface area (Å²) < 4.78 is 22.0. The third-order valence-electron chi connectivity index (χ3n) is 2.55. The fourth-order valence-electron chi connectivity index (χ4n) is 1.52. The number of nitrogens with one attached hydrogen (secondary N) is 2. The monoisotopic (exact) mass is 328 g/mol. The highest BCUT2D eigenvalue weighted by Gasteiger charge is 2.11. The van der Waals surface area contributed by atoms with Gasteiger partial charge >= 0.3 is 0 Å². The summed E-state index contributed by atoms with van der Waals surface area (Å²) in [5.41, 5.74) is 0.767. The topological polar surface area (TPSA) is 105 Å². The standard InChI is InChI=1S/C12H13ClN4O3S/c1-21(19,20)7-6-10(18)14-12-15-11(16-17-12)8-2-4-9(13)5-3-8/h2-5H,6-7H2,1H3,(H2,14,15,16,17,18). The Labute approximate surface area is 126 Å². The second-order valence-electron chi connectivity index (χ2n) is 4.44. The highest BCUT2D eigenvalue weighted by atomic mass is 35.5. The SMILES string of the molecule is CS(=O)(=O)CCC(=O)Nc1n[nH]c(-c2ccc(Cl)cc2)n1. The van der Waals surface area contributed by atoms with E-state index in [0.29, 0.717) is 10.8 Å². The molecule has 0 saturated heterocycles. The van der Waals surface area contributed by atoms with Crippen LogP contribution in [0.4, 0.5) is 5.95 Å². The van der Waals surface area contributed by atoms with Crippen molar-refractivity contribution in [2.24, 2.45) is 0 Å². The summed E-state index contributed by atoms with van der Waals surface area (Å²) in [5.74, 6) is -0.0987. The summed E-state index contributed by atoms with van der Waals surface area (Å²) in [4.78, 5) is 15.7. The first kappa shape index (κ1) is 15.5. The van der Waals surface area contributed by atoms with Crippen LogP contribution in [-0.4, -0.2) is 41.5 Å². The zero-order valence-corrected chi connectivity index (χ0v) is 12.7. The van der Waals surface area contributed by atoms with Gasteiger partial charge in [0.25, 0.3) is 0 Å². The van der Waals surface area contributed by atoms with Crippen LogP contribution in [0.5, 0.6) is 0 Å². The Morgan fingerprint density at radius 2 is 2.00 bits per heavy atom. The van der Waals surface area contributed by atoms with E-state index in [1.54, 1.807) is 24.3 Å². The summed E-state index contributed by atoms with van der Waals surface area (Å²) in [6, 6.07) is 6.95. The lowest BCUT2D eigenvalue weighted by atomic mass is 10.2. The van der Waals surface area contributed by atoms with E-state index >= 15 is 0 Å². The van der Waals surface area contributed by atoms with E-state index in [4.69, 9.17) is 11.6 Å². The Hall–Kier alpha value is -1.93. The molecule has 0 aliphatic carbocycles. The number of aromatic amines is 1. The molecular weight excluding hydrogens is 316 g/mol. The van der Waals surface area contributed by atoms with Crippen LogP contribution in [0.3, 0.4) is 0 Å². The molecule has 0 aliphatic heterocycles. The normalized spacial score (nSPS) is 11.3. The minimum absolute atomic E-state index is 0.0958. The van der Waals surface area contributed by atoms with Gasteiger partial charge in [-0.3, -0.25) is 15.2 Å². The lowest BCUT2D eigenvalue weighted by Gasteiger charge is -1.99. The molecule has 0 radical (unpaired) electrons. The first-order valence-corrected chi connectivity index (χ1v) is 8.43. The molecule has 2 aromatic rings. The van der Waals surface area contributed by atoms with Gasteiger partial charge in [-0.1, -0.05) is 11.6 Å². The summed E-state index contributed by atoms with van der Waals surface area (Å²) in [5, 5.41) is 9.57. The molecule has 0 saturated carbocycles. The van der Waals surface area contributed by atoms with E-state index < -0.39 is 15.7 Å². The maximum atomic E-state index is 11.6. The van der Waals surface area contributed by atoms with E-state index in [1.807, 2.05) is 0 Å². The average molecular weight is 329 g/mol. The van der Waals surface area contributed by atoms with Crippen molar-refractivity contribution >= 4 is 33.3 Å². The number of aromatic nitrogens is 3. The number of H-pyrrole nitrogens is 1. The molecule has 7 nitrogen and oxygen atoms in total. The third-order valence-corrected chi connectivity index (χ3v) is 3.75. The molecule has 2 N–H and O–H groups in total. The van der Waals surface area contributed by atoms with E-state index in [2.05, 4.69) is 20.5 Å². The van der Waals surface area contributed by atoms with Crippen LogP contribution in [-0.2, 0) is 14.6 Å². The van der Waals surface area contributed by atoms with Crippen molar-refractivity contribution in [3.8, 4) is 11.4 Å². The number of rotatable bonds is 5. The molecule has 1 heterocycles. The maximum absolute atomic E-state index is 11.6. The van der Waals surface area contributed by atoms with Crippen LogP contribution in [0.1, 0.15) is 6.42 Å². The van der Waals surface area contributed by atoms with E-state index in [1.165, 1.54) is 0 Å². The molecule has 0 unspecified atom stereocenters. The van der Waals surface area contributed by atoms with Gasteiger partial charge < -0.3 is 0 Å². The lowest BCUT2D eigenvalue weighted by Crippen LogP contribution is -2.17. The third kappa shape index (κ3) is 4.83. The fourth-order valence-corrected chi connectivity index (χ4v) is 2.20. The number of carbonyl (C=O) groups excluding carboxylic acids is 1. The first-order chi connectivity index (χ1) is 9.83. The average Bonchev–Trinajstić information content (AvgIpc) is 2.85. The Morgan fingerprint density at radius 3 is 2.62 bits per heavy atom. The number of carbonyl (C=O) groups is 1. The molecular formula is C12H13ClN4O3S. The zero-order chi connectivity index (χ0) is 15.5. The van der Waals surface area contributed by atoms with Gasteiger partial charge in [0, 0.05) is 23.3 Å². The second kappa shape index (κ2) is 6.23. The summed E-state index contributed by atoms with van der Waals surface area (Å²) in [6.07, 6.45) is 0.940. The molecule has 2 rings (SSSR count). The number of hydrogen-bond acceptors (Lipinski definition) is 5. The highest BCUT2D eigenvalue weighted by molar-refractivity contribution is 7.90. The van der Waals surface area contributed by atoms with Crippen molar-refractivity contribution in [2.75, 3.05) is 17.3 Å². The molecule has 0 fully saturated rings. The summed E-state index contributed by atoms with van der Waals surface area (Å²) in [7, 11) is -3.18. The number of amides is 1. The van der Waals surface area contributed by atoms with Gasteiger partial charge in [-0.05, 0) is 24.3 Å². The van der Waals surface area contributed by atoms with Gasteiger partial charge in [-0.2, -0.15) is 4.98 Å². The largest absolute Gasteiger partial charge is 0.293 e. The number of sulfone groups is 1. The Bertz CT molecular complexity index is 740. The van der Waals surface area contributed by atoms with Crippen molar-refractivity contribution in [2.45, 2.75) is 6.42 Å². The molecule has 1 amide bonds. The van der Waals surface area contributed by atoms with Crippen LogP contribution in [0.15, 0.2) is 24.3 Å². The van der Waals surface area contributed by atoms with E-state index in [9.17, 15) is 13.2 Å². The summed E-state index contributed by atoms with van der Waals surface area (Å²) >= 11 is 5.79. The van der Waals surface area contributed by atoms with Crippen LogP contribution in [0, 0.1) is 0 Å². The number of nitrogens with zero attached hydrogens (tertiary/aromatic N) is 2. The molecule has 0 bridgehead atoms. The van der Waals surface area contributed by atoms with Gasteiger partial charge in [0.2, 0.25) is 11.9 Å². The smallest absolute Gasteiger partial charge is 0.249 e. The number of anilines is 1. The van der Waals surface area contributed by atoms with Crippen molar-refractivity contribution in [1.82, 2.24) is 15.2 Å². The maximum Gasteiger partial charge on any atom is 0.249 e. The van der Waals surface area contributed by atoms with Crippen molar-refractivity contribution in [3.05, 3.63) is 29.3 Å². The van der Waals surface area contributed by atoms with Crippen LogP contribution in [0.25, 0.3) is 11.4 Å². The Kier molecular flexibility index (Phi) is 4.59. The predicted octanol–water partition coefficient (Wildman–Crippen LogP) is 1.50. The molecule has 112 valence electrons. The molecule has 0 spiro atoms. The minimum Gasteiger partial charge on any atom is -0.293 e. The van der Waals surface area contributed by atoms with E-state index in [0.717, 1.165) is 11.8 Å². The molecule has 1 aromatic heterocycles. The molecule has 21 heavy (non-hydrogen) atoms. The van der Waals surface area contributed by atoms with E-state index in [-0.39, 0.29) is 18.1 Å². The Morgan fingerprint density at radius 1 is 1.33 bits per heavy atom. The van der Waals surface area contributed by atoms with Crippen LogP contribution >= 0.6 is 11.6 Å². The zero-order valence-electron chi connectivity index (χ0n) is 11.1. The summed E-state index contributed by atoms with van der Waals surface area (Å²) in [6.45, 7) is 0. The molecule has 0 aliphatic rings. The van der Waals surface area contributed by atoms with Gasteiger partial charge in [0.1, 0.15) is 9.84 Å². The van der Waals surface area contributed by atoms with Crippen LogP contribution < -0.4 is 5.32 Å². The van der Waals surface area contributed by atoms with Gasteiger partial charge in [0.15, 0.2) is 5.82 Å². The Balaban J connectivity index is 2.00. The van der Waals surface area contributed by atoms with Gasteiger partial charge in [-0.25, -0.2) is 8.42 Å². The second-order valence-corrected chi connectivity index (χ2v) is 7.14. The number of halogens is 1. The number of benzene rings is 1. The molecule has 1 aromatic carbocycles. The number of hydrogen-bond donors (Lipinski definition) is 2. The van der Waals surface area contributed by atoms with Crippen LogP contribution in [0.2, 0.25) is 5.02 Å².